The first-order valence-corrected chi connectivity index (χ1v) is 8.47. The molecule has 0 spiro atoms. The van der Waals surface area contributed by atoms with Crippen LogP contribution in [0.3, 0.4) is 0 Å². The quantitative estimate of drug-likeness (QED) is 0.494. The van der Waals surface area contributed by atoms with Crippen LogP contribution in [0.2, 0.25) is 20.1 Å². The third-order valence-electron chi connectivity index (χ3n) is 3.37. The molecule has 0 amide bonds. The Labute approximate surface area is 159 Å². The van der Waals surface area contributed by atoms with Crippen molar-refractivity contribution in [2.75, 3.05) is 0 Å². The SMILES string of the molecule is Clc1ccc(/C=C(\Cn2cncn2)c2ccc(Cl)cc2Cl)c(Cl)c1. The number of aromatic nitrogens is 3. The second-order valence-corrected chi connectivity index (χ2v) is 6.74. The van der Waals surface area contributed by atoms with Gasteiger partial charge in [-0.1, -0.05) is 58.5 Å². The molecule has 3 rings (SSSR count). The van der Waals surface area contributed by atoms with Crippen LogP contribution in [0.5, 0.6) is 0 Å². The van der Waals surface area contributed by atoms with E-state index in [4.69, 9.17) is 46.4 Å². The summed E-state index contributed by atoms with van der Waals surface area (Å²) in [7, 11) is 0. The number of halogens is 4. The molecule has 0 fully saturated rings. The zero-order valence-corrected chi connectivity index (χ0v) is 15.3. The second-order valence-electron chi connectivity index (χ2n) is 5.05. The highest BCUT2D eigenvalue weighted by Gasteiger charge is 2.10. The molecule has 24 heavy (non-hydrogen) atoms. The van der Waals surface area contributed by atoms with Crippen LogP contribution in [-0.2, 0) is 6.54 Å². The molecule has 2 aromatic carbocycles. The summed E-state index contributed by atoms with van der Waals surface area (Å²) in [5.74, 6) is 0. The van der Waals surface area contributed by atoms with Gasteiger partial charge in [-0.2, -0.15) is 5.10 Å². The minimum atomic E-state index is 0.486. The Morgan fingerprint density at radius 3 is 2.29 bits per heavy atom. The Balaban J connectivity index is 2.08. The van der Waals surface area contributed by atoms with Crippen LogP contribution in [-0.4, -0.2) is 14.8 Å². The lowest BCUT2D eigenvalue weighted by atomic mass is 10.0. The predicted octanol–water partition coefficient (Wildman–Crippen LogP) is 6.13. The molecule has 0 aliphatic heterocycles. The molecular weight excluding hydrogens is 388 g/mol. The molecule has 3 aromatic rings. The maximum Gasteiger partial charge on any atom is 0.137 e. The molecule has 0 aliphatic rings. The van der Waals surface area contributed by atoms with Crippen LogP contribution >= 0.6 is 46.4 Å². The van der Waals surface area contributed by atoms with E-state index in [0.717, 1.165) is 16.7 Å². The van der Waals surface area contributed by atoms with Crippen molar-refractivity contribution in [2.24, 2.45) is 0 Å². The largest absolute Gasteiger partial charge is 0.249 e. The van der Waals surface area contributed by atoms with Gasteiger partial charge in [-0.25, -0.2) is 9.67 Å². The highest BCUT2D eigenvalue weighted by atomic mass is 35.5. The van der Waals surface area contributed by atoms with Gasteiger partial charge >= 0.3 is 0 Å². The van der Waals surface area contributed by atoms with E-state index in [0.29, 0.717) is 26.6 Å². The van der Waals surface area contributed by atoms with Gasteiger partial charge in [0, 0.05) is 20.1 Å². The average molecular weight is 399 g/mol. The van der Waals surface area contributed by atoms with E-state index in [9.17, 15) is 0 Å². The summed E-state index contributed by atoms with van der Waals surface area (Å²) < 4.78 is 1.71. The normalized spacial score (nSPS) is 11.8. The molecule has 0 atom stereocenters. The first-order chi connectivity index (χ1) is 11.5. The highest BCUT2D eigenvalue weighted by molar-refractivity contribution is 6.36. The van der Waals surface area contributed by atoms with Gasteiger partial charge in [0.25, 0.3) is 0 Å². The molecule has 0 radical (unpaired) electrons. The number of hydrogen-bond acceptors (Lipinski definition) is 2. The van der Waals surface area contributed by atoms with E-state index in [2.05, 4.69) is 10.1 Å². The van der Waals surface area contributed by atoms with Gasteiger partial charge in [0.2, 0.25) is 0 Å². The fourth-order valence-corrected chi connectivity index (χ4v) is 3.25. The van der Waals surface area contributed by atoms with Crippen molar-refractivity contribution in [3.8, 4) is 0 Å². The van der Waals surface area contributed by atoms with E-state index < -0.39 is 0 Å². The summed E-state index contributed by atoms with van der Waals surface area (Å²) in [6, 6.07) is 10.7. The fraction of sp³-hybridized carbons (Fsp3) is 0.0588. The van der Waals surface area contributed by atoms with Crippen LogP contribution in [0, 0.1) is 0 Å². The summed E-state index contributed by atoms with van der Waals surface area (Å²) in [6.45, 7) is 0.486. The zero-order chi connectivity index (χ0) is 17.1. The van der Waals surface area contributed by atoms with Crippen LogP contribution in [0.25, 0.3) is 11.6 Å². The molecule has 3 nitrogen and oxygen atoms in total. The number of hydrogen-bond donors (Lipinski definition) is 0. The van der Waals surface area contributed by atoms with Gasteiger partial charge in [-0.05, 0) is 47.0 Å². The third-order valence-corrected chi connectivity index (χ3v) is 4.48. The summed E-state index contributed by atoms with van der Waals surface area (Å²) in [5.41, 5.74) is 2.61. The Bertz CT molecular complexity index is 889. The van der Waals surface area contributed by atoms with E-state index in [-0.39, 0.29) is 0 Å². The number of rotatable bonds is 4. The van der Waals surface area contributed by atoms with E-state index in [1.807, 2.05) is 18.2 Å². The van der Waals surface area contributed by atoms with Gasteiger partial charge in [0.05, 0.1) is 6.54 Å². The molecule has 0 saturated carbocycles. The zero-order valence-electron chi connectivity index (χ0n) is 12.3. The van der Waals surface area contributed by atoms with Crippen LogP contribution in [0.1, 0.15) is 11.1 Å². The summed E-state index contributed by atoms with van der Waals surface area (Å²) >= 11 is 24.6. The van der Waals surface area contributed by atoms with Gasteiger partial charge < -0.3 is 0 Å². The van der Waals surface area contributed by atoms with E-state index >= 15 is 0 Å². The van der Waals surface area contributed by atoms with Crippen LogP contribution in [0.4, 0.5) is 0 Å². The van der Waals surface area contributed by atoms with Crippen LogP contribution in [0.15, 0.2) is 49.1 Å². The van der Waals surface area contributed by atoms with Crippen molar-refractivity contribution >= 4 is 58.1 Å². The van der Waals surface area contributed by atoms with Crippen molar-refractivity contribution in [1.82, 2.24) is 14.8 Å². The molecule has 0 saturated heterocycles. The molecule has 0 aliphatic carbocycles. The Morgan fingerprint density at radius 1 is 0.958 bits per heavy atom. The number of allylic oxidation sites excluding steroid dienone is 1. The van der Waals surface area contributed by atoms with Gasteiger partial charge in [-0.15, -0.1) is 0 Å². The van der Waals surface area contributed by atoms with Gasteiger partial charge in [-0.3, -0.25) is 0 Å². The van der Waals surface area contributed by atoms with Crippen LogP contribution < -0.4 is 0 Å². The molecule has 1 heterocycles. The van der Waals surface area contributed by atoms with Crippen molar-refractivity contribution in [3.63, 3.8) is 0 Å². The fourth-order valence-electron chi connectivity index (χ4n) is 2.25. The summed E-state index contributed by atoms with van der Waals surface area (Å²) in [4.78, 5) is 3.97. The molecule has 0 N–H and O–H groups in total. The standard InChI is InChI=1S/C17H11Cl4N3/c18-13-2-1-11(16(20)6-13)5-12(8-24-10-22-9-23-24)15-4-3-14(19)7-17(15)21/h1-7,9-10H,8H2/b12-5+. The monoisotopic (exact) mass is 397 g/mol. The van der Waals surface area contributed by atoms with Crippen molar-refractivity contribution < 1.29 is 0 Å². The van der Waals surface area contributed by atoms with Crippen molar-refractivity contribution in [2.45, 2.75) is 6.54 Å². The lowest BCUT2D eigenvalue weighted by Gasteiger charge is -2.11. The minimum Gasteiger partial charge on any atom is -0.249 e. The van der Waals surface area contributed by atoms with Gasteiger partial charge in [0.15, 0.2) is 0 Å². The molecule has 0 bridgehead atoms. The third kappa shape index (κ3) is 4.11. The van der Waals surface area contributed by atoms with E-state index in [1.165, 1.54) is 6.33 Å². The molecule has 1 aromatic heterocycles. The van der Waals surface area contributed by atoms with Crippen molar-refractivity contribution in [3.05, 3.63) is 80.3 Å². The maximum atomic E-state index is 6.37. The lowest BCUT2D eigenvalue weighted by Crippen LogP contribution is -2.02. The topological polar surface area (TPSA) is 30.7 Å². The Hall–Kier alpha value is -1.52. The number of nitrogens with zero attached hydrogens (tertiary/aromatic N) is 3. The number of benzene rings is 2. The molecule has 7 heteroatoms. The molecular formula is C17H11Cl4N3. The highest BCUT2D eigenvalue weighted by Crippen LogP contribution is 2.31. The van der Waals surface area contributed by atoms with Gasteiger partial charge in [0.1, 0.15) is 12.7 Å². The lowest BCUT2D eigenvalue weighted by molar-refractivity contribution is 0.711. The first-order valence-electron chi connectivity index (χ1n) is 6.96. The second kappa shape index (κ2) is 7.58. The Kier molecular flexibility index (Phi) is 5.47. The minimum absolute atomic E-state index is 0.486. The Morgan fingerprint density at radius 2 is 1.67 bits per heavy atom. The average Bonchev–Trinajstić information content (AvgIpc) is 3.02. The smallest absolute Gasteiger partial charge is 0.137 e. The predicted molar refractivity (Wildman–Crippen MR) is 101 cm³/mol. The summed E-state index contributed by atoms with van der Waals surface area (Å²) in [5, 5.41) is 6.42. The van der Waals surface area contributed by atoms with E-state index in [1.54, 1.807) is 35.3 Å². The summed E-state index contributed by atoms with van der Waals surface area (Å²) in [6.07, 6.45) is 5.08. The maximum absolute atomic E-state index is 6.37. The molecule has 122 valence electrons. The first kappa shape index (κ1) is 17.3. The van der Waals surface area contributed by atoms with Crippen molar-refractivity contribution in [1.29, 1.82) is 0 Å². The molecule has 0 unspecified atom stereocenters.